The van der Waals surface area contributed by atoms with Crippen LogP contribution in [0.5, 0.6) is 0 Å². The van der Waals surface area contributed by atoms with E-state index in [2.05, 4.69) is 10.1 Å². The third-order valence-electron chi connectivity index (χ3n) is 2.89. The highest BCUT2D eigenvalue weighted by Gasteiger charge is 2.28. The van der Waals surface area contributed by atoms with Gasteiger partial charge in [0.15, 0.2) is 0 Å². The summed E-state index contributed by atoms with van der Waals surface area (Å²) in [6, 6.07) is -0.757. The van der Waals surface area contributed by atoms with E-state index in [9.17, 15) is 14.4 Å². The van der Waals surface area contributed by atoms with Crippen molar-refractivity contribution in [2.75, 3.05) is 20.3 Å². The maximum absolute atomic E-state index is 11.8. The number of ketones is 1. The van der Waals surface area contributed by atoms with Gasteiger partial charge >= 0.3 is 5.97 Å². The van der Waals surface area contributed by atoms with Gasteiger partial charge in [-0.05, 0) is 19.8 Å². The number of methoxy groups -OCH3 is 1. The molecule has 1 fully saturated rings. The Morgan fingerprint density at radius 1 is 1.44 bits per heavy atom. The number of Topliss-reactive ketones (excluding diaryl/α,β-unsaturated/α-hetero) is 1. The zero-order valence-electron chi connectivity index (χ0n) is 10.7. The number of rotatable bonds is 6. The summed E-state index contributed by atoms with van der Waals surface area (Å²) in [6.45, 7) is 2.39. The van der Waals surface area contributed by atoms with Crippen molar-refractivity contribution in [1.29, 1.82) is 0 Å². The third kappa shape index (κ3) is 4.44. The van der Waals surface area contributed by atoms with E-state index < -0.39 is 12.0 Å². The second-order valence-corrected chi connectivity index (χ2v) is 4.39. The van der Waals surface area contributed by atoms with Crippen LogP contribution in [0.25, 0.3) is 0 Å². The molecule has 6 nitrogen and oxygen atoms in total. The smallest absolute Gasteiger partial charge is 0.328 e. The monoisotopic (exact) mass is 257 g/mol. The quantitative estimate of drug-likeness (QED) is 0.680. The fraction of sp³-hybridized carbons (Fsp3) is 0.750. The first kappa shape index (κ1) is 14.6. The Labute approximate surface area is 106 Å². The fourth-order valence-electron chi connectivity index (χ4n) is 1.77. The molecule has 1 heterocycles. The Kier molecular flexibility index (Phi) is 5.77. The lowest BCUT2D eigenvalue weighted by atomic mass is 10.1. The van der Waals surface area contributed by atoms with Crippen molar-refractivity contribution >= 4 is 17.7 Å². The van der Waals surface area contributed by atoms with Crippen LogP contribution in [0.3, 0.4) is 0 Å². The highest BCUT2D eigenvalue weighted by Crippen LogP contribution is 2.13. The molecule has 0 aromatic carbocycles. The maximum Gasteiger partial charge on any atom is 0.328 e. The predicted molar refractivity (Wildman–Crippen MR) is 62.8 cm³/mol. The molecule has 0 aromatic heterocycles. The Balaban J connectivity index is 2.51. The highest BCUT2D eigenvalue weighted by atomic mass is 16.5. The molecule has 1 aliphatic heterocycles. The topological polar surface area (TPSA) is 81.7 Å². The van der Waals surface area contributed by atoms with Crippen LogP contribution in [-0.2, 0) is 23.9 Å². The Hall–Kier alpha value is -1.43. The van der Waals surface area contributed by atoms with Crippen LogP contribution in [0.4, 0.5) is 0 Å². The number of carbonyl (C=O) groups excluding carboxylic acids is 3. The van der Waals surface area contributed by atoms with E-state index in [0.717, 1.165) is 0 Å². The normalized spacial score (nSPS) is 20.2. The predicted octanol–water partition coefficient (Wildman–Crippen LogP) is 0.0499. The molecule has 1 N–H and O–H groups in total. The number of hydrogen-bond donors (Lipinski definition) is 1. The van der Waals surface area contributed by atoms with E-state index in [0.29, 0.717) is 19.6 Å². The lowest BCUT2D eigenvalue weighted by Crippen LogP contribution is -2.44. The van der Waals surface area contributed by atoms with Crippen molar-refractivity contribution < 1.29 is 23.9 Å². The zero-order valence-corrected chi connectivity index (χ0v) is 10.7. The Morgan fingerprint density at radius 2 is 2.17 bits per heavy atom. The van der Waals surface area contributed by atoms with Crippen LogP contribution >= 0.6 is 0 Å². The van der Waals surface area contributed by atoms with Gasteiger partial charge in [-0.25, -0.2) is 4.79 Å². The number of amides is 1. The van der Waals surface area contributed by atoms with Crippen molar-refractivity contribution in [3.05, 3.63) is 0 Å². The number of carbonyl (C=O) groups is 3. The largest absolute Gasteiger partial charge is 0.467 e. The van der Waals surface area contributed by atoms with E-state index >= 15 is 0 Å². The summed E-state index contributed by atoms with van der Waals surface area (Å²) >= 11 is 0. The average Bonchev–Trinajstić information content (AvgIpc) is 2.86. The van der Waals surface area contributed by atoms with Gasteiger partial charge in [0.05, 0.1) is 19.6 Å². The molecule has 0 unspecified atom stereocenters. The number of nitrogens with one attached hydrogen (secondary N) is 1. The summed E-state index contributed by atoms with van der Waals surface area (Å²) in [4.78, 5) is 34.2. The zero-order chi connectivity index (χ0) is 13.5. The van der Waals surface area contributed by atoms with Crippen LogP contribution in [-0.4, -0.2) is 44.0 Å². The average molecular weight is 257 g/mol. The summed E-state index contributed by atoms with van der Waals surface area (Å²) in [5.41, 5.74) is 0. The minimum absolute atomic E-state index is 0.0256. The molecule has 0 radical (unpaired) electrons. The van der Waals surface area contributed by atoms with Gasteiger partial charge in [-0.15, -0.1) is 0 Å². The molecule has 102 valence electrons. The van der Waals surface area contributed by atoms with Crippen LogP contribution in [0.1, 0.15) is 26.2 Å². The lowest BCUT2D eigenvalue weighted by molar-refractivity contribution is -0.145. The standard InChI is InChI=1S/C12H19NO5/c1-8(14)3-4-10(12(16)17-2)13-11(15)9-5-6-18-7-9/h9-10H,3-7H2,1-2H3,(H,13,15)/t9-,10-/m1/s1. The van der Waals surface area contributed by atoms with Crippen LogP contribution in [0.15, 0.2) is 0 Å². The minimum Gasteiger partial charge on any atom is -0.467 e. The number of hydrogen-bond acceptors (Lipinski definition) is 5. The SMILES string of the molecule is COC(=O)[C@@H](CCC(C)=O)NC(=O)[C@@H]1CCOC1. The van der Waals surface area contributed by atoms with Crippen molar-refractivity contribution in [2.45, 2.75) is 32.2 Å². The molecule has 1 aliphatic rings. The molecule has 2 atom stereocenters. The van der Waals surface area contributed by atoms with Crippen LogP contribution in [0, 0.1) is 5.92 Å². The van der Waals surface area contributed by atoms with Gasteiger partial charge in [-0.1, -0.05) is 0 Å². The van der Waals surface area contributed by atoms with Crippen molar-refractivity contribution in [1.82, 2.24) is 5.32 Å². The molecule has 1 saturated heterocycles. The molecular weight excluding hydrogens is 238 g/mol. The first-order chi connectivity index (χ1) is 8.54. The molecule has 0 bridgehead atoms. The van der Waals surface area contributed by atoms with Gasteiger partial charge in [0.1, 0.15) is 11.8 Å². The van der Waals surface area contributed by atoms with Gasteiger partial charge in [0.2, 0.25) is 5.91 Å². The summed E-state index contributed by atoms with van der Waals surface area (Å²) in [5.74, 6) is -0.980. The highest BCUT2D eigenvalue weighted by molar-refractivity contribution is 5.86. The molecule has 1 rings (SSSR count). The fourth-order valence-corrected chi connectivity index (χ4v) is 1.77. The van der Waals surface area contributed by atoms with E-state index in [1.165, 1.54) is 14.0 Å². The van der Waals surface area contributed by atoms with E-state index in [-0.39, 0.29) is 30.4 Å². The van der Waals surface area contributed by atoms with Crippen molar-refractivity contribution in [2.24, 2.45) is 5.92 Å². The molecule has 1 amide bonds. The summed E-state index contributed by atoms with van der Waals surface area (Å²) < 4.78 is 9.73. The van der Waals surface area contributed by atoms with Gasteiger partial charge in [-0.2, -0.15) is 0 Å². The lowest BCUT2D eigenvalue weighted by Gasteiger charge is -2.17. The Morgan fingerprint density at radius 3 is 2.67 bits per heavy atom. The van der Waals surface area contributed by atoms with Crippen LogP contribution < -0.4 is 5.32 Å². The molecule has 0 aliphatic carbocycles. The first-order valence-electron chi connectivity index (χ1n) is 6.00. The van der Waals surface area contributed by atoms with Gasteiger partial charge in [0, 0.05) is 13.0 Å². The first-order valence-corrected chi connectivity index (χ1v) is 6.00. The molecule has 18 heavy (non-hydrogen) atoms. The number of ether oxygens (including phenoxy) is 2. The third-order valence-corrected chi connectivity index (χ3v) is 2.89. The Bertz CT molecular complexity index is 322. The second kappa shape index (κ2) is 7.10. The van der Waals surface area contributed by atoms with Crippen LogP contribution in [0.2, 0.25) is 0 Å². The van der Waals surface area contributed by atoms with Crippen molar-refractivity contribution in [3.8, 4) is 0 Å². The van der Waals surface area contributed by atoms with E-state index in [1.807, 2.05) is 0 Å². The molecule has 0 spiro atoms. The molecule has 0 aromatic rings. The van der Waals surface area contributed by atoms with E-state index in [4.69, 9.17) is 4.74 Å². The van der Waals surface area contributed by atoms with Gasteiger partial charge in [-0.3, -0.25) is 4.79 Å². The van der Waals surface area contributed by atoms with Crippen molar-refractivity contribution in [3.63, 3.8) is 0 Å². The second-order valence-electron chi connectivity index (χ2n) is 4.39. The van der Waals surface area contributed by atoms with E-state index in [1.54, 1.807) is 0 Å². The molecular formula is C12H19NO5. The van der Waals surface area contributed by atoms with Gasteiger partial charge in [0.25, 0.3) is 0 Å². The van der Waals surface area contributed by atoms with Gasteiger partial charge < -0.3 is 19.6 Å². The summed E-state index contributed by atoms with van der Waals surface area (Å²) in [5, 5.41) is 2.62. The number of esters is 1. The summed E-state index contributed by atoms with van der Waals surface area (Å²) in [6.07, 6.45) is 1.16. The minimum atomic E-state index is -0.757. The summed E-state index contributed by atoms with van der Waals surface area (Å²) in [7, 11) is 1.26. The molecule has 6 heteroatoms. The maximum atomic E-state index is 11.8. The molecule has 0 saturated carbocycles.